The minimum atomic E-state index is -0.290. The van der Waals surface area contributed by atoms with Crippen molar-refractivity contribution < 1.29 is 9.59 Å². The van der Waals surface area contributed by atoms with Crippen LogP contribution >= 0.6 is 27.3 Å². The van der Waals surface area contributed by atoms with E-state index in [9.17, 15) is 9.59 Å². The summed E-state index contributed by atoms with van der Waals surface area (Å²) in [6, 6.07) is 10.7. The smallest absolute Gasteiger partial charge is 0.271 e. The predicted molar refractivity (Wildman–Crippen MR) is 109 cm³/mol. The maximum Gasteiger partial charge on any atom is 0.271 e. The van der Waals surface area contributed by atoms with Gasteiger partial charge in [0, 0.05) is 22.0 Å². The molecule has 0 unspecified atom stereocenters. The highest BCUT2D eigenvalue weighted by Crippen LogP contribution is 2.25. The molecule has 1 fully saturated rings. The molecule has 2 amide bonds. The van der Waals surface area contributed by atoms with E-state index in [-0.39, 0.29) is 17.7 Å². The van der Waals surface area contributed by atoms with Gasteiger partial charge in [0.2, 0.25) is 5.91 Å². The fourth-order valence-corrected chi connectivity index (χ4v) is 4.23. The second-order valence-electron chi connectivity index (χ2n) is 6.24. The molecule has 0 bridgehead atoms. The molecule has 3 rings (SSSR count). The highest BCUT2D eigenvalue weighted by atomic mass is 79.9. The Morgan fingerprint density at radius 2 is 1.81 bits per heavy atom. The maximum absolute atomic E-state index is 12.3. The van der Waals surface area contributed by atoms with E-state index in [0.29, 0.717) is 11.3 Å². The lowest BCUT2D eigenvalue weighted by atomic mass is 9.88. The molecule has 7 heteroatoms. The molecule has 1 aliphatic carbocycles. The van der Waals surface area contributed by atoms with Gasteiger partial charge in [0.05, 0.1) is 10.0 Å². The van der Waals surface area contributed by atoms with Crippen LogP contribution in [-0.2, 0) is 4.79 Å². The van der Waals surface area contributed by atoms with E-state index in [0.717, 1.165) is 34.3 Å². The van der Waals surface area contributed by atoms with E-state index < -0.39 is 0 Å². The molecule has 1 aromatic carbocycles. The van der Waals surface area contributed by atoms with Crippen molar-refractivity contribution in [2.24, 2.45) is 11.0 Å². The van der Waals surface area contributed by atoms with Gasteiger partial charge in [-0.1, -0.05) is 19.3 Å². The molecular weight excluding hydrogens is 414 g/mol. The second kappa shape index (κ2) is 9.09. The van der Waals surface area contributed by atoms with Crippen molar-refractivity contribution >= 4 is 51.0 Å². The first-order valence-electron chi connectivity index (χ1n) is 8.61. The van der Waals surface area contributed by atoms with Gasteiger partial charge in [0.1, 0.15) is 0 Å². The topological polar surface area (TPSA) is 70.6 Å². The van der Waals surface area contributed by atoms with Gasteiger partial charge in [-0.05, 0) is 65.2 Å². The molecule has 26 heavy (non-hydrogen) atoms. The molecule has 2 N–H and O–H groups in total. The zero-order chi connectivity index (χ0) is 18.4. The monoisotopic (exact) mass is 433 g/mol. The average Bonchev–Trinajstić information content (AvgIpc) is 3.08. The molecule has 136 valence electrons. The van der Waals surface area contributed by atoms with E-state index in [1.54, 1.807) is 30.5 Å². The van der Waals surface area contributed by atoms with Crippen molar-refractivity contribution in [1.29, 1.82) is 0 Å². The minimum absolute atomic E-state index is 0.0774. The molecule has 5 nitrogen and oxygen atoms in total. The molecule has 0 saturated heterocycles. The SMILES string of the molecule is O=C(N/N=C/c1ccc(Br)s1)c1ccc(NC(=O)C2CCCCC2)cc1. The number of nitrogens with zero attached hydrogens (tertiary/aromatic N) is 1. The van der Waals surface area contributed by atoms with Gasteiger partial charge in [-0.3, -0.25) is 9.59 Å². The maximum atomic E-state index is 12.3. The second-order valence-corrected chi connectivity index (χ2v) is 8.74. The normalized spacial score (nSPS) is 15.1. The number of anilines is 1. The number of nitrogens with one attached hydrogen (secondary N) is 2. The Labute approximate surface area is 165 Å². The van der Waals surface area contributed by atoms with E-state index in [4.69, 9.17) is 0 Å². The number of hydrazone groups is 1. The standard InChI is InChI=1S/C19H20BrN3O2S/c20-17-11-10-16(26-17)12-21-23-19(25)14-6-8-15(9-7-14)22-18(24)13-4-2-1-3-5-13/h6-13H,1-5H2,(H,22,24)(H,23,25)/b21-12+. The zero-order valence-electron chi connectivity index (χ0n) is 14.2. The molecule has 0 spiro atoms. The van der Waals surface area contributed by atoms with Crippen molar-refractivity contribution in [3.05, 3.63) is 50.6 Å². The Kier molecular flexibility index (Phi) is 6.57. The number of rotatable bonds is 5. The number of halogens is 1. The van der Waals surface area contributed by atoms with Gasteiger partial charge in [0.25, 0.3) is 5.91 Å². The molecule has 0 radical (unpaired) electrons. The Bertz CT molecular complexity index is 795. The number of amides is 2. The van der Waals surface area contributed by atoms with Crippen LogP contribution in [-0.4, -0.2) is 18.0 Å². The summed E-state index contributed by atoms with van der Waals surface area (Å²) in [5.41, 5.74) is 3.71. The summed E-state index contributed by atoms with van der Waals surface area (Å²) in [5.74, 6) is -0.103. The van der Waals surface area contributed by atoms with Crippen LogP contribution in [0.3, 0.4) is 0 Å². The van der Waals surface area contributed by atoms with Crippen LogP contribution in [0.5, 0.6) is 0 Å². The highest BCUT2D eigenvalue weighted by Gasteiger charge is 2.21. The summed E-state index contributed by atoms with van der Waals surface area (Å²) in [4.78, 5) is 25.3. The average molecular weight is 434 g/mol. The van der Waals surface area contributed by atoms with Crippen LogP contribution in [0.4, 0.5) is 5.69 Å². The van der Waals surface area contributed by atoms with Crippen molar-refractivity contribution in [3.8, 4) is 0 Å². The predicted octanol–water partition coefficient (Wildman–Crippen LogP) is 4.79. The number of hydrogen-bond acceptors (Lipinski definition) is 4. The van der Waals surface area contributed by atoms with Gasteiger partial charge in [-0.15, -0.1) is 11.3 Å². The first-order chi connectivity index (χ1) is 12.6. The van der Waals surface area contributed by atoms with Crippen LogP contribution < -0.4 is 10.7 Å². The largest absolute Gasteiger partial charge is 0.326 e. The lowest BCUT2D eigenvalue weighted by Crippen LogP contribution is -2.24. The molecular formula is C19H20BrN3O2S. The van der Waals surface area contributed by atoms with E-state index in [1.165, 1.54) is 17.8 Å². The number of hydrogen-bond donors (Lipinski definition) is 2. The third-order valence-electron chi connectivity index (χ3n) is 4.34. The van der Waals surface area contributed by atoms with E-state index in [2.05, 4.69) is 31.8 Å². The summed E-state index contributed by atoms with van der Waals surface area (Å²) in [7, 11) is 0. The molecule has 1 heterocycles. The van der Waals surface area contributed by atoms with E-state index >= 15 is 0 Å². The zero-order valence-corrected chi connectivity index (χ0v) is 16.6. The molecule has 2 aromatic rings. The number of thiophene rings is 1. The first kappa shape index (κ1) is 18.8. The molecule has 1 saturated carbocycles. The van der Waals surface area contributed by atoms with Gasteiger partial charge in [-0.2, -0.15) is 5.10 Å². The fraction of sp³-hybridized carbons (Fsp3) is 0.316. The number of carbonyl (C=O) groups excluding carboxylic acids is 2. The Balaban J connectivity index is 1.52. The molecule has 0 atom stereocenters. The van der Waals surface area contributed by atoms with E-state index in [1.807, 2.05) is 12.1 Å². The lowest BCUT2D eigenvalue weighted by Gasteiger charge is -2.20. The van der Waals surface area contributed by atoms with Crippen molar-refractivity contribution in [3.63, 3.8) is 0 Å². The Morgan fingerprint density at radius 3 is 2.46 bits per heavy atom. The van der Waals surface area contributed by atoms with Gasteiger partial charge in [-0.25, -0.2) is 5.43 Å². The quantitative estimate of drug-likeness (QED) is 0.525. The van der Waals surface area contributed by atoms with Crippen molar-refractivity contribution in [2.75, 3.05) is 5.32 Å². The van der Waals surface area contributed by atoms with Crippen LogP contribution in [0.1, 0.15) is 47.3 Å². The van der Waals surface area contributed by atoms with Crippen molar-refractivity contribution in [2.45, 2.75) is 32.1 Å². The Hall–Kier alpha value is -1.99. The van der Waals surface area contributed by atoms with Crippen LogP contribution in [0.25, 0.3) is 0 Å². The summed E-state index contributed by atoms with van der Waals surface area (Å²) < 4.78 is 1.01. The summed E-state index contributed by atoms with van der Waals surface area (Å²) in [6.07, 6.45) is 7.00. The summed E-state index contributed by atoms with van der Waals surface area (Å²) in [5, 5.41) is 6.90. The minimum Gasteiger partial charge on any atom is -0.326 e. The van der Waals surface area contributed by atoms with Crippen LogP contribution in [0.15, 0.2) is 45.3 Å². The van der Waals surface area contributed by atoms with Crippen LogP contribution in [0, 0.1) is 5.92 Å². The third-order valence-corrected chi connectivity index (χ3v) is 5.90. The third kappa shape index (κ3) is 5.25. The lowest BCUT2D eigenvalue weighted by molar-refractivity contribution is -0.120. The van der Waals surface area contributed by atoms with Gasteiger partial charge < -0.3 is 5.32 Å². The van der Waals surface area contributed by atoms with Crippen LogP contribution in [0.2, 0.25) is 0 Å². The molecule has 1 aromatic heterocycles. The number of benzene rings is 1. The number of carbonyl (C=O) groups is 2. The molecule has 0 aliphatic heterocycles. The highest BCUT2D eigenvalue weighted by molar-refractivity contribution is 9.11. The Morgan fingerprint density at radius 1 is 1.08 bits per heavy atom. The van der Waals surface area contributed by atoms with Crippen molar-refractivity contribution in [1.82, 2.24) is 5.43 Å². The summed E-state index contributed by atoms with van der Waals surface area (Å²) in [6.45, 7) is 0. The summed E-state index contributed by atoms with van der Waals surface area (Å²) >= 11 is 4.91. The molecule has 1 aliphatic rings. The van der Waals surface area contributed by atoms with Gasteiger partial charge in [0.15, 0.2) is 0 Å². The first-order valence-corrected chi connectivity index (χ1v) is 10.2. The fourth-order valence-electron chi connectivity index (χ4n) is 2.93. The van der Waals surface area contributed by atoms with Gasteiger partial charge >= 0.3 is 0 Å².